The van der Waals surface area contributed by atoms with Gasteiger partial charge < -0.3 is 10.1 Å². The number of aliphatic carboxylic acids is 1. The first-order valence-corrected chi connectivity index (χ1v) is 8.77. The molecule has 0 saturated carbocycles. The lowest BCUT2D eigenvalue weighted by Gasteiger charge is -2.18. The van der Waals surface area contributed by atoms with E-state index in [1.807, 2.05) is 30.5 Å². The van der Waals surface area contributed by atoms with Crippen LogP contribution in [-0.2, 0) is 20.9 Å². The maximum Gasteiger partial charge on any atom is 0.528 e. The van der Waals surface area contributed by atoms with Crippen molar-refractivity contribution in [1.29, 1.82) is 0 Å². The summed E-state index contributed by atoms with van der Waals surface area (Å²) in [5, 5.41) is 8.94. The number of aromatic nitrogens is 1. The molecule has 3 N–H and O–H groups in total. The Morgan fingerprint density at radius 2 is 1.83 bits per heavy atom. The fourth-order valence-corrected chi connectivity index (χ4v) is 3.90. The second-order valence-corrected chi connectivity index (χ2v) is 6.97. The minimum absolute atomic E-state index is 0.0440. The Morgan fingerprint density at radius 1 is 1.08 bits per heavy atom. The SMILES string of the molecule is O=C(O)C(CCc1cccc2[nH]ccc12)(c1ccccc1)[P+](=O)O. The van der Waals surface area contributed by atoms with Gasteiger partial charge in [0.05, 0.1) is 0 Å². The highest BCUT2D eigenvalue weighted by atomic mass is 31.1. The normalized spacial score (nSPS) is 14.3. The van der Waals surface area contributed by atoms with Crippen LogP contribution in [0.5, 0.6) is 0 Å². The Hall–Kier alpha value is -2.49. The van der Waals surface area contributed by atoms with Crippen LogP contribution in [0.1, 0.15) is 17.5 Å². The number of aromatic amines is 1. The summed E-state index contributed by atoms with van der Waals surface area (Å²) in [6.45, 7) is 0. The Balaban J connectivity index is 2.00. The molecule has 0 amide bonds. The van der Waals surface area contributed by atoms with Crippen LogP contribution in [0.4, 0.5) is 0 Å². The fraction of sp³-hybridized carbons (Fsp3) is 0.167. The van der Waals surface area contributed by atoms with Crippen molar-refractivity contribution in [2.75, 3.05) is 0 Å². The molecule has 0 fully saturated rings. The monoisotopic (exact) mass is 342 g/mol. The van der Waals surface area contributed by atoms with Gasteiger partial charge in [-0.15, -0.1) is 0 Å². The number of aryl methyl sites for hydroxylation is 1. The Kier molecular flexibility index (Phi) is 4.47. The second-order valence-electron chi connectivity index (χ2n) is 5.66. The lowest BCUT2D eigenvalue weighted by Crippen LogP contribution is -2.33. The first-order chi connectivity index (χ1) is 11.6. The molecule has 0 aliphatic heterocycles. The standard InChI is InChI=1S/C18H16NO4P/c20-17(21)18(24(22)23,14-6-2-1-3-7-14)11-9-13-5-4-8-16-15(13)10-12-19-16/h1-8,10,12,19H,9,11H2,(H-,20,21,22,23)/p+1. The minimum atomic E-state index is -2.95. The fourth-order valence-electron chi connectivity index (χ4n) is 3.06. The molecule has 2 atom stereocenters. The van der Waals surface area contributed by atoms with E-state index < -0.39 is 19.2 Å². The summed E-state index contributed by atoms with van der Waals surface area (Å²) in [7, 11) is -2.95. The van der Waals surface area contributed by atoms with Crippen molar-refractivity contribution in [3.8, 4) is 0 Å². The highest BCUT2D eigenvalue weighted by molar-refractivity contribution is 7.41. The van der Waals surface area contributed by atoms with Crippen LogP contribution in [0, 0.1) is 0 Å². The first kappa shape index (κ1) is 16.4. The van der Waals surface area contributed by atoms with Crippen LogP contribution in [0.15, 0.2) is 60.8 Å². The number of rotatable bonds is 6. The number of carbonyl (C=O) groups is 1. The maximum atomic E-state index is 12.1. The van der Waals surface area contributed by atoms with Gasteiger partial charge in [-0.3, -0.25) is 0 Å². The molecule has 0 aliphatic carbocycles. The van der Waals surface area contributed by atoms with Crippen molar-refractivity contribution < 1.29 is 19.4 Å². The van der Waals surface area contributed by atoms with Gasteiger partial charge in [-0.2, -0.15) is 4.89 Å². The van der Waals surface area contributed by atoms with Crippen molar-refractivity contribution in [3.63, 3.8) is 0 Å². The number of benzene rings is 2. The van der Waals surface area contributed by atoms with Crippen molar-refractivity contribution in [3.05, 3.63) is 71.9 Å². The molecular formula is C18H17NO4P+. The first-order valence-electron chi connectivity index (χ1n) is 7.56. The van der Waals surface area contributed by atoms with Gasteiger partial charge in [-0.1, -0.05) is 42.5 Å². The molecule has 3 aromatic rings. The van der Waals surface area contributed by atoms with Gasteiger partial charge in [0.25, 0.3) is 0 Å². The summed E-state index contributed by atoms with van der Waals surface area (Å²) in [5.74, 6) is -1.28. The van der Waals surface area contributed by atoms with Gasteiger partial charge in [-0.05, 0) is 28.7 Å². The zero-order chi connectivity index (χ0) is 17.2. The van der Waals surface area contributed by atoms with Crippen LogP contribution in [0.2, 0.25) is 0 Å². The van der Waals surface area contributed by atoms with E-state index >= 15 is 0 Å². The van der Waals surface area contributed by atoms with Gasteiger partial charge in [0.1, 0.15) is 0 Å². The van der Waals surface area contributed by atoms with Gasteiger partial charge in [0.15, 0.2) is 0 Å². The molecule has 5 nitrogen and oxygen atoms in total. The lowest BCUT2D eigenvalue weighted by molar-refractivity contribution is -0.140. The van der Waals surface area contributed by atoms with Crippen LogP contribution >= 0.6 is 8.03 Å². The van der Waals surface area contributed by atoms with Crippen molar-refractivity contribution in [2.24, 2.45) is 0 Å². The van der Waals surface area contributed by atoms with Crippen molar-refractivity contribution in [1.82, 2.24) is 4.98 Å². The number of carboxylic acid groups (broad SMARTS) is 1. The van der Waals surface area contributed by atoms with E-state index in [4.69, 9.17) is 0 Å². The maximum absolute atomic E-state index is 12.1. The van der Waals surface area contributed by atoms with Crippen molar-refractivity contribution >= 4 is 24.9 Å². The zero-order valence-electron chi connectivity index (χ0n) is 12.8. The van der Waals surface area contributed by atoms with Crippen LogP contribution in [0.25, 0.3) is 10.9 Å². The van der Waals surface area contributed by atoms with Crippen LogP contribution < -0.4 is 0 Å². The molecule has 122 valence electrons. The Bertz CT molecular complexity index is 874. The summed E-state index contributed by atoms with van der Waals surface area (Å²) < 4.78 is 12.1. The van der Waals surface area contributed by atoms with E-state index in [0.717, 1.165) is 16.5 Å². The van der Waals surface area contributed by atoms with Gasteiger partial charge in [0.2, 0.25) is 0 Å². The van der Waals surface area contributed by atoms with Crippen LogP contribution in [-0.4, -0.2) is 21.0 Å². The van der Waals surface area contributed by atoms with Gasteiger partial charge in [-0.25, -0.2) is 4.79 Å². The molecule has 0 bridgehead atoms. The molecular weight excluding hydrogens is 325 g/mol. The minimum Gasteiger partial charge on any atom is -0.477 e. The van der Waals surface area contributed by atoms with Crippen molar-refractivity contribution in [2.45, 2.75) is 18.0 Å². The zero-order valence-corrected chi connectivity index (χ0v) is 13.7. The smallest absolute Gasteiger partial charge is 0.477 e. The van der Waals surface area contributed by atoms with Gasteiger partial charge >= 0.3 is 19.2 Å². The number of fused-ring (bicyclic) bond motifs is 1. The topological polar surface area (TPSA) is 90.4 Å². The number of nitrogens with one attached hydrogen (secondary N) is 1. The second kappa shape index (κ2) is 6.56. The molecule has 0 spiro atoms. The third kappa shape index (κ3) is 2.73. The van der Waals surface area contributed by atoms with Gasteiger partial charge in [0, 0.05) is 29.1 Å². The summed E-state index contributed by atoms with van der Waals surface area (Å²) in [4.78, 5) is 24.9. The molecule has 0 radical (unpaired) electrons. The summed E-state index contributed by atoms with van der Waals surface area (Å²) in [6.07, 6.45) is 2.25. The van der Waals surface area contributed by atoms with E-state index in [0.29, 0.717) is 12.0 Å². The number of H-pyrrole nitrogens is 1. The molecule has 1 heterocycles. The van der Waals surface area contributed by atoms with E-state index in [-0.39, 0.29) is 6.42 Å². The average Bonchev–Trinajstić information content (AvgIpc) is 3.05. The predicted molar refractivity (Wildman–Crippen MR) is 92.2 cm³/mol. The van der Waals surface area contributed by atoms with Crippen LogP contribution in [0.3, 0.4) is 0 Å². The summed E-state index contributed by atoms with van der Waals surface area (Å²) >= 11 is 0. The lowest BCUT2D eigenvalue weighted by atomic mass is 9.90. The third-order valence-electron chi connectivity index (χ3n) is 4.37. The molecule has 0 aliphatic rings. The van der Waals surface area contributed by atoms with E-state index in [1.54, 1.807) is 30.3 Å². The van der Waals surface area contributed by atoms with E-state index in [9.17, 15) is 19.4 Å². The summed E-state index contributed by atoms with van der Waals surface area (Å²) in [5.41, 5.74) is 2.26. The van der Waals surface area contributed by atoms with E-state index in [2.05, 4.69) is 4.98 Å². The third-order valence-corrected chi connectivity index (χ3v) is 5.70. The number of hydrogen-bond acceptors (Lipinski definition) is 2. The molecule has 0 saturated heterocycles. The molecule has 24 heavy (non-hydrogen) atoms. The largest absolute Gasteiger partial charge is 0.528 e. The van der Waals surface area contributed by atoms with E-state index in [1.165, 1.54) is 0 Å². The Labute approximate surface area is 139 Å². The predicted octanol–water partition coefficient (Wildman–Crippen LogP) is 3.82. The number of hydrogen-bond donors (Lipinski definition) is 3. The molecule has 6 heteroatoms. The molecule has 2 aromatic carbocycles. The highest BCUT2D eigenvalue weighted by Gasteiger charge is 2.58. The molecule has 2 unspecified atom stereocenters. The number of carboxylic acids is 1. The summed E-state index contributed by atoms with van der Waals surface area (Å²) in [6, 6.07) is 16.0. The average molecular weight is 342 g/mol. The molecule has 1 aromatic heterocycles. The quantitative estimate of drug-likeness (QED) is 0.594. The Morgan fingerprint density at radius 3 is 2.50 bits per heavy atom. The molecule has 3 rings (SSSR count). The highest BCUT2D eigenvalue weighted by Crippen LogP contribution is 2.48.